The summed E-state index contributed by atoms with van der Waals surface area (Å²) in [7, 11) is 0. The average Bonchev–Trinajstić information content (AvgIpc) is 2.99. The molecule has 20 heavy (non-hydrogen) atoms. The molecule has 0 aliphatic carbocycles. The molecule has 1 atom stereocenters. The standard InChI is InChI=1S/C16H19NO2S/c1-2-17-14(11-12-5-4-10-20-12)13-6-3-7-15-16(13)19-9-8-18-15/h3-7,10,14,17H,2,8-9,11H2,1H3. The molecule has 1 unspecified atom stereocenters. The van der Waals surface area contributed by atoms with E-state index >= 15 is 0 Å². The molecule has 0 bridgehead atoms. The number of hydrogen-bond acceptors (Lipinski definition) is 4. The fourth-order valence-corrected chi connectivity index (χ4v) is 3.29. The highest BCUT2D eigenvalue weighted by Gasteiger charge is 2.22. The summed E-state index contributed by atoms with van der Waals surface area (Å²) in [5, 5.41) is 5.68. The van der Waals surface area contributed by atoms with Crippen LogP contribution in [-0.4, -0.2) is 19.8 Å². The second kappa shape index (κ2) is 6.29. The van der Waals surface area contributed by atoms with Crippen LogP contribution in [0.2, 0.25) is 0 Å². The number of fused-ring (bicyclic) bond motifs is 1. The molecule has 1 N–H and O–H groups in total. The van der Waals surface area contributed by atoms with Gasteiger partial charge in [-0.1, -0.05) is 25.1 Å². The van der Waals surface area contributed by atoms with E-state index in [1.165, 1.54) is 10.4 Å². The fraction of sp³-hybridized carbons (Fsp3) is 0.375. The predicted octanol–water partition coefficient (Wildman–Crippen LogP) is 3.41. The minimum Gasteiger partial charge on any atom is -0.486 e. The number of nitrogens with one attached hydrogen (secondary N) is 1. The van der Waals surface area contributed by atoms with E-state index in [0.717, 1.165) is 24.5 Å². The molecule has 106 valence electrons. The van der Waals surface area contributed by atoms with Crippen LogP contribution < -0.4 is 14.8 Å². The van der Waals surface area contributed by atoms with Gasteiger partial charge in [-0.2, -0.15) is 0 Å². The molecule has 0 amide bonds. The zero-order chi connectivity index (χ0) is 13.8. The highest BCUT2D eigenvalue weighted by atomic mass is 32.1. The minimum atomic E-state index is 0.260. The third-order valence-electron chi connectivity index (χ3n) is 3.41. The first-order valence-corrected chi connectivity index (χ1v) is 7.90. The predicted molar refractivity (Wildman–Crippen MR) is 81.9 cm³/mol. The lowest BCUT2D eigenvalue weighted by molar-refractivity contribution is 0.168. The van der Waals surface area contributed by atoms with Gasteiger partial charge in [-0.15, -0.1) is 11.3 Å². The van der Waals surface area contributed by atoms with Crippen molar-refractivity contribution in [3.8, 4) is 11.5 Å². The summed E-state index contributed by atoms with van der Waals surface area (Å²) >= 11 is 1.80. The highest BCUT2D eigenvalue weighted by molar-refractivity contribution is 7.09. The van der Waals surface area contributed by atoms with Crippen LogP contribution in [0.1, 0.15) is 23.4 Å². The van der Waals surface area contributed by atoms with Crippen LogP contribution in [0.25, 0.3) is 0 Å². The van der Waals surface area contributed by atoms with Crippen molar-refractivity contribution >= 4 is 11.3 Å². The van der Waals surface area contributed by atoms with Gasteiger partial charge in [0.1, 0.15) is 13.2 Å². The summed E-state index contributed by atoms with van der Waals surface area (Å²) in [6.45, 7) is 4.32. The number of hydrogen-bond donors (Lipinski definition) is 1. The Morgan fingerprint density at radius 3 is 2.90 bits per heavy atom. The van der Waals surface area contributed by atoms with E-state index in [2.05, 4.69) is 35.8 Å². The lowest BCUT2D eigenvalue weighted by atomic mass is 10.0. The zero-order valence-electron chi connectivity index (χ0n) is 11.6. The third kappa shape index (κ3) is 2.81. The Morgan fingerprint density at radius 1 is 1.20 bits per heavy atom. The van der Waals surface area contributed by atoms with Gasteiger partial charge in [0, 0.05) is 22.9 Å². The van der Waals surface area contributed by atoms with Gasteiger partial charge in [0.25, 0.3) is 0 Å². The summed E-state index contributed by atoms with van der Waals surface area (Å²) in [6, 6.07) is 10.7. The van der Waals surface area contributed by atoms with E-state index in [-0.39, 0.29) is 6.04 Å². The smallest absolute Gasteiger partial charge is 0.166 e. The number of benzene rings is 1. The lowest BCUT2D eigenvalue weighted by Gasteiger charge is -2.25. The van der Waals surface area contributed by atoms with Gasteiger partial charge in [0.05, 0.1) is 0 Å². The van der Waals surface area contributed by atoms with Crippen molar-refractivity contribution in [2.45, 2.75) is 19.4 Å². The molecule has 4 heteroatoms. The molecule has 3 nitrogen and oxygen atoms in total. The van der Waals surface area contributed by atoms with Crippen LogP contribution >= 0.6 is 11.3 Å². The molecule has 2 heterocycles. The number of ether oxygens (including phenoxy) is 2. The van der Waals surface area contributed by atoms with E-state index in [9.17, 15) is 0 Å². The molecule has 0 radical (unpaired) electrons. The Balaban J connectivity index is 1.90. The van der Waals surface area contributed by atoms with Crippen LogP contribution in [-0.2, 0) is 6.42 Å². The normalized spacial score (nSPS) is 15.1. The van der Waals surface area contributed by atoms with Crippen molar-refractivity contribution < 1.29 is 9.47 Å². The van der Waals surface area contributed by atoms with Gasteiger partial charge in [-0.3, -0.25) is 0 Å². The zero-order valence-corrected chi connectivity index (χ0v) is 12.4. The first-order chi connectivity index (χ1) is 9.88. The SMILES string of the molecule is CCNC(Cc1cccs1)c1cccc2c1OCCO2. The quantitative estimate of drug-likeness (QED) is 0.915. The van der Waals surface area contributed by atoms with Crippen molar-refractivity contribution in [3.63, 3.8) is 0 Å². The van der Waals surface area contributed by atoms with Crippen molar-refractivity contribution in [3.05, 3.63) is 46.2 Å². The van der Waals surface area contributed by atoms with Gasteiger partial charge in [0.2, 0.25) is 0 Å². The van der Waals surface area contributed by atoms with Crippen molar-refractivity contribution in [2.24, 2.45) is 0 Å². The molecule has 1 aromatic carbocycles. The van der Waals surface area contributed by atoms with Crippen LogP contribution in [0, 0.1) is 0 Å². The van der Waals surface area contributed by atoms with Crippen molar-refractivity contribution in [1.29, 1.82) is 0 Å². The van der Waals surface area contributed by atoms with Crippen LogP contribution in [0.5, 0.6) is 11.5 Å². The summed E-state index contributed by atoms with van der Waals surface area (Å²) in [5.41, 5.74) is 1.19. The second-order valence-corrected chi connectivity index (χ2v) is 5.80. The van der Waals surface area contributed by atoms with Crippen LogP contribution in [0.15, 0.2) is 35.7 Å². The Morgan fingerprint density at radius 2 is 2.10 bits per heavy atom. The average molecular weight is 289 g/mol. The van der Waals surface area contributed by atoms with Gasteiger partial charge in [0.15, 0.2) is 11.5 Å². The molecule has 1 aliphatic rings. The maximum absolute atomic E-state index is 5.84. The molecule has 2 aromatic rings. The van der Waals surface area contributed by atoms with Crippen LogP contribution in [0.4, 0.5) is 0 Å². The maximum atomic E-state index is 5.84. The molecule has 1 aromatic heterocycles. The topological polar surface area (TPSA) is 30.5 Å². The molecule has 0 spiro atoms. The Hall–Kier alpha value is -1.52. The van der Waals surface area contributed by atoms with Gasteiger partial charge in [-0.25, -0.2) is 0 Å². The van der Waals surface area contributed by atoms with Crippen molar-refractivity contribution in [1.82, 2.24) is 5.32 Å². The van der Waals surface area contributed by atoms with E-state index in [0.29, 0.717) is 13.2 Å². The van der Waals surface area contributed by atoms with Gasteiger partial charge in [-0.05, 0) is 24.1 Å². The van der Waals surface area contributed by atoms with Crippen molar-refractivity contribution in [2.75, 3.05) is 19.8 Å². The van der Waals surface area contributed by atoms with E-state index < -0.39 is 0 Å². The van der Waals surface area contributed by atoms with Gasteiger partial charge < -0.3 is 14.8 Å². The number of likely N-dealkylation sites (N-methyl/N-ethyl adjacent to an activating group) is 1. The largest absolute Gasteiger partial charge is 0.486 e. The minimum absolute atomic E-state index is 0.260. The molecular weight excluding hydrogens is 270 g/mol. The molecule has 3 rings (SSSR count). The monoisotopic (exact) mass is 289 g/mol. The number of para-hydroxylation sites is 1. The molecule has 1 aliphatic heterocycles. The molecule has 0 saturated carbocycles. The first-order valence-electron chi connectivity index (χ1n) is 7.02. The maximum Gasteiger partial charge on any atom is 0.166 e. The summed E-state index contributed by atoms with van der Waals surface area (Å²) in [6.07, 6.45) is 0.977. The lowest BCUT2D eigenvalue weighted by Crippen LogP contribution is -2.25. The number of rotatable bonds is 5. The van der Waals surface area contributed by atoms with E-state index in [1.807, 2.05) is 12.1 Å². The fourth-order valence-electron chi connectivity index (χ4n) is 2.54. The van der Waals surface area contributed by atoms with E-state index in [4.69, 9.17) is 9.47 Å². The van der Waals surface area contributed by atoms with E-state index in [1.54, 1.807) is 11.3 Å². The number of thiophene rings is 1. The summed E-state index contributed by atoms with van der Waals surface area (Å²) < 4.78 is 11.5. The van der Waals surface area contributed by atoms with Gasteiger partial charge >= 0.3 is 0 Å². The summed E-state index contributed by atoms with van der Waals surface area (Å²) in [5.74, 6) is 1.77. The summed E-state index contributed by atoms with van der Waals surface area (Å²) in [4.78, 5) is 1.38. The Labute approximate surface area is 123 Å². The third-order valence-corrected chi connectivity index (χ3v) is 4.31. The first kappa shape index (κ1) is 13.5. The Bertz CT molecular complexity index is 554. The Kier molecular flexibility index (Phi) is 4.23. The molecule has 0 saturated heterocycles. The second-order valence-electron chi connectivity index (χ2n) is 4.77. The molecular formula is C16H19NO2S. The van der Waals surface area contributed by atoms with Crippen LogP contribution in [0.3, 0.4) is 0 Å². The molecule has 0 fully saturated rings. The highest BCUT2D eigenvalue weighted by Crippen LogP contribution is 2.38.